The lowest BCUT2D eigenvalue weighted by molar-refractivity contribution is -0.167. The number of carbonyl (C=O) groups is 3. The van der Waals surface area contributed by atoms with Crippen molar-refractivity contribution in [2.45, 2.75) is 245 Å². The summed E-state index contributed by atoms with van der Waals surface area (Å²) in [6.45, 7) is 6.34. The minimum absolute atomic E-state index is 0.103. The van der Waals surface area contributed by atoms with Gasteiger partial charge in [-0.1, -0.05) is 220 Å². The van der Waals surface area contributed by atoms with Crippen molar-refractivity contribution in [3.8, 4) is 0 Å². The summed E-state index contributed by atoms with van der Waals surface area (Å²) in [6.07, 6.45) is 73.6. The standard InChI is InChI=1S/C61H100O6/c1-4-7-10-13-16-19-22-25-27-29-31-33-34-36-39-42-45-48-51-54-60(63)66-57-58(56-65-59(62)53-50-47-44-41-38-24-21-18-15-12-9-6-3)67-61(64)55-52-49-46-43-40-37-35-32-30-28-26-23-20-17-14-11-8-5-2/h7,9-10,12,16,18-19,21,23,25-28,30,32,35,38,41,58H,4-6,8,11,13-15,17,20,22,24,29,31,33-34,36-37,39-40,42-57H2,1-3H3/b10-7-,12-9-,19-16-,21-18-,26-23-,27-25-,30-28-,35-32-,41-38-. The maximum Gasteiger partial charge on any atom is 0.306 e. The third-order valence-corrected chi connectivity index (χ3v) is 11.3. The number of esters is 3. The molecule has 6 heteroatoms. The molecule has 0 fully saturated rings. The number of rotatable bonds is 48. The first-order chi connectivity index (χ1) is 33.0. The maximum atomic E-state index is 12.8. The Morgan fingerprint density at radius 1 is 0.328 bits per heavy atom. The first-order valence-corrected chi connectivity index (χ1v) is 27.4. The summed E-state index contributed by atoms with van der Waals surface area (Å²) in [5.74, 6) is -0.972. The van der Waals surface area contributed by atoms with Crippen LogP contribution in [0.5, 0.6) is 0 Å². The van der Waals surface area contributed by atoms with Gasteiger partial charge in [0.2, 0.25) is 0 Å². The molecule has 0 aliphatic carbocycles. The molecular formula is C61H100O6. The van der Waals surface area contributed by atoms with E-state index in [9.17, 15) is 14.4 Å². The number of ether oxygens (including phenoxy) is 3. The molecule has 0 bridgehead atoms. The van der Waals surface area contributed by atoms with E-state index in [2.05, 4.69) is 130 Å². The number of carbonyl (C=O) groups excluding carboxylic acids is 3. The molecule has 0 aromatic rings. The molecule has 0 rings (SSSR count). The molecule has 0 spiro atoms. The average Bonchev–Trinajstić information content (AvgIpc) is 3.33. The Labute approximate surface area is 412 Å². The van der Waals surface area contributed by atoms with E-state index in [1.165, 1.54) is 77.0 Å². The van der Waals surface area contributed by atoms with Gasteiger partial charge in [-0.3, -0.25) is 14.4 Å². The topological polar surface area (TPSA) is 78.9 Å². The van der Waals surface area contributed by atoms with Crippen molar-refractivity contribution >= 4 is 17.9 Å². The van der Waals surface area contributed by atoms with E-state index in [1.807, 2.05) is 0 Å². The lowest BCUT2D eigenvalue weighted by Gasteiger charge is -2.18. The van der Waals surface area contributed by atoms with Crippen molar-refractivity contribution in [1.82, 2.24) is 0 Å². The highest BCUT2D eigenvalue weighted by Crippen LogP contribution is 2.14. The molecule has 0 aliphatic heterocycles. The molecule has 67 heavy (non-hydrogen) atoms. The molecule has 0 aliphatic rings. The van der Waals surface area contributed by atoms with Crippen LogP contribution in [0.25, 0.3) is 0 Å². The SMILES string of the molecule is CC/C=C\C/C=C\C/C=C\CCCCCCCCCCCC(=O)OCC(COC(=O)CCCC/C=C\C/C=C\C/C=C\CC)OC(=O)CCCCCCC\C=C/C=C\C=C/CCCCCCC. The Hall–Kier alpha value is -3.93. The van der Waals surface area contributed by atoms with Crippen molar-refractivity contribution < 1.29 is 28.6 Å². The van der Waals surface area contributed by atoms with Gasteiger partial charge in [0.1, 0.15) is 13.2 Å². The molecule has 0 aromatic carbocycles. The lowest BCUT2D eigenvalue weighted by Crippen LogP contribution is -2.30. The highest BCUT2D eigenvalue weighted by Gasteiger charge is 2.19. The van der Waals surface area contributed by atoms with Gasteiger partial charge in [0.15, 0.2) is 6.10 Å². The van der Waals surface area contributed by atoms with Crippen LogP contribution >= 0.6 is 0 Å². The highest BCUT2D eigenvalue weighted by molar-refractivity contribution is 5.71. The second kappa shape index (κ2) is 54.7. The van der Waals surface area contributed by atoms with E-state index in [4.69, 9.17) is 14.2 Å². The number of unbranched alkanes of at least 4 members (excludes halogenated alkanes) is 21. The molecular weight excluding hydrogens is 829 g/mol. The second-order valence-corrected chi connectivity index (χ2v) is 17.8. The van der Waals surface area contributed by atoms with Gasteiger partial charge in [-0.15, -0.1) is 0 Å². The third kappa shape index (κ3) is 52.9. The van der Waals surface area contributed by atoms with Crippen LogP contribution in [0, 0.1) is 0 Å². The first-order valence-electron chi connectivity index (χ1n) is 27.4. The van der Waals surface area contributed by atoms with Crippen molar-refractivity contribution in [3.63, 3.8) is 0 Å². The normalized spacial score (nSPS) is 12.9. The van der Waals surface area contributed by atoms with Crippen LogP contribution in [-0.4, -0.2) is 37.2 Å². The van der Waals surface area contributed by atoms with E-state index in [0.29, 0.717) is 19.3 Å². The summed E-state index contributed by atoms with van der Waals surface area (Å²) in [4.78, 5) is 38.1. The summed E-state index contributed by atoms with van der Waals surface area (Å²) in [6, 6.07) is 0. The van der Waals surface area contributed by atoms with Crippen molar-refractivity contribution in [1.29, 1.82) is 0 Å². The third-order valence-electron chi connectivity index (χ3n) is 11.3. The fourth-order valence-electron chi connectivity index (χ4n) is 7.24. The Kier molecular flexibility index (Phi) is 51.5. The lowest BCUT2D eigenvalue weighted by atomic mass is 10.1. The van der Waals surface area contributed by atoms with E-state index in [-0.39, 0.29) is 31.1 Å². The molecule has 0 radical (unpaired) electrons. The smallest absolute Gasteiger partial charge is 0.306 e. The molecule has 0 heterocycles. The molecule has 1 unspecified atom stereocenters. The molecule has 1 atom stereocenters. The predicted molar refractivity (Wildman–Crippen MR) is 288 cm³/mol. The zero-order valence-corrected chi connectivity index (χ0v) is 43.4. The summed E-state index contributed by atoms with van der Waals surface area (Å²) < 4.78 is 16.8. The van der Waals surface area contributed by atoms with Crippen LogP contribution in [0.1, 0.15) is 239 Å². The first kappa shape index (κ1) is 63.1. The van der Waals surface area contributed by atoms with E-state index >= 15 is 0 Å². The summed E-state index contributed by atoms with van der Waals surface area (Å²) >= 11 is 0. The molecule has 0 aromatic heterocycles. The second-order valence-electron chi connectivity index (χ2n) is 17.8. The van der Waals surface area contributed by atoms with E-state index in [0.717, 1.165) is 122 Å². The van der Waals surface area contributed by atoms with Crippen molar-refractivity contribution in [3.05, 3.63) is 109 Å². The molecule has 0 saturated heterocycles. The van der Waals surface area contributed by atoms with Crippen LogP contribution in [0.3, 0.4) is 0 Å². The summed E-state index contributed by atoms with van der Waals surface area (Å²) in [5, 5.41) is 0. The Morgan fingerprint density at radius 2 is 0.642 bits per heavy atom. The van der Waals surface area contributed by atoms with E-state index < -0.39 is 6.10 Å². The zero-order chi connectivity index (χ0) is 48.6. The van der Waals surface area contributed by atoms with Crippen molar-refractivity contribution in [2.24, 2.45) is 0 Å². The van der Waals surface area contributed by atoms with Crippen LogP contribution in [0.15, 0.2) is 109 Å². The van der Waals surface area contributed by atoms with Gasteiger partial charge in [-0.2, -0.15) is 0 Å². The summed E-state index contributed by atoms with van der Waals surface area (Å²) in [5.41, 5.74) is 0. The van der Waals surface area contributed by atoms with Gasteiger partial charge in [0.05, 0.1) is 0 Å². The predicted octanol–water partition coefficient (Wildman–Crippen LogP) is 18.3. The number of hydrogen-bond acceptors (Lipinski definition) is 6. The summed E-state index contributed by atoms with van der Waals surface area (Å²) in [7, 11) is 0. The van der Waals surface area contributed by atoms with Crippen LogP contribution in [0.4, 0.5) is 0 Å². The fraction of sp³-hybridized carbons (Fsp3) is 0.656. The Bertz CT molecular complexity index is 1390. The minimum atomic E-state index is -0.808. The van der Waals surface area contributed by atoms with Crippen LogP contribution in [0.2, 0.25) is 0 Å². The maximum absolute atomic E-state index is 12.8. The van der Waals surface area contributed by atoms with Crippen LogP contribution < -0.4 is 0 Å². The molecule has 6 nitrogen and oxygen atoms in total. The number of allylic oxidation sites excluding steroid dienone is 18. The van der Waals surface area contributed by atoms with Gasteiger partial charge in [-0.05, 0) is 109 Å². The Morgan fingerprint density at radius 3 is 1.06 bits per heavy atom. The van der Waals surface area contributed by atoms with Gasteiger partial charge >= 0.3 is 17.9 Å². The molecule has 0 saturated carbocycles. The molecule has 0 N–H and O–H groups in total. The molecule has 0 amide bonds. The largest absolute Gasteiger partial charge is 0.462 e. The number of hydrogen-bond donors (Lipinski definition) is 0. The average molecular weight is 929 g/mol. The highest BCUT2D eigenvalue weighted by atomic mass is 16.6. The van der Waals surface area contributed by atoms with Gasteiger partial charge in [0.25, 0.3) is 0 Å². The van der Waals surface area contributed by atoms with Gasteiger partial charge in [-0.25, -0.2) is 0 Å². The van der Waals surface area contributed by atoms with Gasteiger partial charge < -0.3 is 14.2 Å². The monoisotopic (exact) mass is 929 g/mol. The van der Waals surface area contributed by atoms with Crippen LogP contribution in [-0.2, 0) is 28.6 Å². The van der Waals surface area contributed by atoms with E-state index in [1.54, 1.807) is 0 Å². The quantitative estimate of drug-likeness (QED) is 0.0199. The Balaban J connectivity index is 4.45. The fourth-order valence-corrected chi connectivity index (χ4v) is 7.24. The molecule has 380 valence electrons. The van der Waals surface area contributed by atoms with Gasteiger partial charge in [0, 0.05) is 19.3 Å². The zero-order valence-electron chi connectivity index (χ0n) is 43.4. The minimum Gasteiger partial charge on any atom is -0.462 e. The van der Waals surface area contributed by atoms with Crippen molar-refractivity contribution in [2.75, 3.05) is 13.2 Å².